The number of aryl methyl sites for hydroxylation is 1. The number of hydrogen-bond acceptors (Lipinski definition) is 14. The molecule has 3 saturated heterocycles. The summed E-state index contributed by atoms with van der Waals surface area (Å²) in [6.45, 7) is 26.5. The van der Waals surface area contributed by atoms with E-state index in [1.807, 2.05) is 76.5 Å². The Hall–Kier alpha value is -5.68. The zero-order chi connectivity index (χ0) is 54.0. The third-order valence-corrected chi connectivity index (χ3v) is 17.1. The van der Waals surface area contributed by atoms with Crippen LogP contribution >= 0.6 is 22.9 Å². The molecule has 4 N–H and O–H groups in total. The van der Waals surface area contributed by atoms with Gasteiger partial charge in [-0.05, 0) is 54.7 Å². The maximum atomic E-state index is 14.3. The van der Waals surface area contributed by atoms with Gasteiger partial charge in [-0.2, -0.15) is 5.26 Å². The average molecular weight is 1060 g/mol. The number of aromatic nitrogens is 2. The fourth-order valence-electron chi connectivity index (χ4n) is 11.6. The minimum Gasteiger partial charge on any atom is -0.489 e. The van der Waals surface area contributed by atoms with Crippen molar-refractivity contribution in [2.75, 3.05) is 83.4 Å². The average Bonchev–Trinajstić information content (AvgIpc) is 4.00. The Kier molecular flexibility index (Phi) is 16.9. The van der Waals surface area contributed by atoms with Crippen LogP contribution in [0.25, 0.3) is 10.4 Å². The van der Waals surface area contributed by atoms with E-state index in [2.05, 4.69) is 74.3 Å². The largest absolute Gasteiger partial charge is 0.489 e. The Morgan fingerprint density at radius 2 is 1.53 bits per heavy atom. The minimum absolute atomic E-state index is 0.0138. The number of benzene rings is 2. The Bertz CT molecular complexity index is 2710. The standard InChI is InChI=1S/C56H74ClN11O6S/c1-35(37-10-12-38(13-11-37)47-36(2)60-34-75-47)61-50(72)44-28-41(69)32-68(44)51(73)48(54(3,4)5)62-46(70)33-66-22-20-64(21-23-66)18-19-65-24-26-67(27-25-65)45-17-15-40(31-59-45)49(71)63-52-55(6,7)53(56(52,8)9)74-42-16-14-39(30-58)43(57)29-42/h10-17,29,31,34-35,41,44,48,52-53,69H,18-28,32-33H2,1-9H3,(H,61,72)(H,62,70)(H,63,71)/t35-,41+,44-,48+,52-,53-/m0/s1. The van der Waals surface area contributed by atoms with Crippen LogP contribution in [0.4, 0.5) is 5.82 Å². The van der Waals surface area contributed by atoms with Crippen molar-refractivity contribution in [2.45, 2.75) is 105 Å². The summed E-state index contributed by atoms with van der Waals surface area (Å²) in [5, 5.41) is 29.7. The van der Waals surface area contributed by atoms with Crippen LogP contribution < -0.4 is 25.6 Å². The van der Waals surface area contributed by atoms with Crippen molar-refractivity contribution in [3.8, 4) is 22.3 Å². The van der Waals surface area contributed by atoms with Crippen molar-refractivity contribution in [1.82, 2.24) is 45.5 Å². The van der Waals surface area contributed by atoms with Gasteiger partial charge in [0, 0.05) is 108 Å². The highest BCUT2D eigenvalue weighted by Crippen LogP contribution is 2.55. The van der Waals surface area contributed by atoms with Crippen LogP contribution in [0.3, 0.4) is 0 Å². The zero-order valence-corrected chi connectivity index (χ0v) is 46.4. The molecular weight excluding hydrogens is 990 g/mol. The Labute approximate surface area is 450 Å². The van der Waals surface area contributed by atoms with Gasteiger partial charge < -0.3 is 35.6 Å². The smallest absolute Gasteiger partial charge is 0.253 e. The van der Waals surface area contributed by atoms with E-state index in [0.29, 0.717) is 21.9 Å². The van der Waals surface area contributed by atoms with Gasteiger partial charge in [-0.3, -0.25) is 33.9 Å². The number of carbonyl (C=O) groups excluding carboxylic acids is 4. The predicted molar refractivity (Wildman–Crippen MR) is 292 cm³/mol. The van der Waals surface area contributed by atoms with E-state index < -0.39 is 23.6 Å². The van der Waals surface area contributed by atoms with Gasteiger partial charge in [-0.1, -0.05) is 84.3 Å². The number of hydrogen-bond donors (Lipinski definition) is 4. The SMILES string of the molecule is Cc1ncsc1-c1ccc([C@H](C)NC(=O)[C@@H]2C[C@@H](O)CN2C(=O)[C@@H](NC(=O)CN2CCN(CCN3CCN(c4ccc(C(=O)N[C@H]5C(C)(C)[C@H](Oc6ccc(C#N)c(Cl)c6)C5(C)C)cn4)CC3)CC2)C(C)(C)C)cc1. The Morgan fingerprint density at radius 1 is 0.893 bits per heavy atom. The summed E-state index contributed by atoms with van der Waals surface area (Å²) >= 11 is 7.85. The van der Waals surface area contributed by atoms with E-state index >= 15 is 0 Å². The molecule has 402 valence electrons. The number of rotatable bonds is 16. The zero-order valence-electron chi connectivity index (χ0n) is 44.9. The first-order valence-electron chi connectivity index (χ1n) is 26.2. The maximum Gasteiger partial charge on any atom is 0.253 e. The van der Waals surface area contributed by atoms with Gasteiger partial charge in [0.05, 0.1) is 50.9 Å². The molecule has 0 unspecified atom stereocenters. The number of thiazole rings is 1. The molecule has 2 aromatic heterocycles. The summed E-state index contributed by atoms with van der Waals surface area (Å²) in [6.07, 6.45) is 0.712. The van der Waals surface area contributed by atoms with Crippen LogP contribution in [0.5, 0.6) is 5.75 Å². The van der Waals surface area contributed by atoms with Crippen molar-refractivity contribution >= 4 is 52.4 Å². The second-order valence-electron chi connectivity index (χ2n) is 23.0. The summed E-state index contributed by atoms with van der Waals surface area (Å²) < 4.78 is 6.39. The molecule has 19 heteroatoms. The number of nitrogens with one attached hydrogen (secondary N) is 3. The molecule has 1 saturated carbocycles. The van der Waals surface area contributed by atoms with Gasteiger partial charge in [-0.15, -0.1) is 11.3 Å². The number of nitrogens with zero attached hydrogens (tertiary/aromatic N) is 8. The molecule has 75 heavy (non-hydrogen) atoms. The summed E-state index contributed by atoms with van der Waals surface area (Å²) in [6, 6.07) is 16.6. The number of halogens is 1. The molecule has 8 rings (SSSR count). The highest BCUT2D eigenvalue weighted by molar-refractivity contribution is 7.13. The van der Waals surface area contributed by atoms with E-state index in [9.17, 15) is 29.5 Å². The molecule has 1 aliphatic carbocycles. The van der Waals surface area contributed by atoms with Crippen LogP contribution in [0.2, 0.25) is 5.02 Å². The van der Waals surface area contributed by atoms with E-state index in [0.717, 1.165) is 93.0 Å². The van der Waals surface area contributed by atoms with Gasteiger partial charge in [0.25, 0.3) is 5.91 Å². The number of β-amino-alcohol motifs (C(OH)–C–C–N with tert-alkyl or cyclic N) is 1. The quantitative estimate of drug-likeness (QED) is 0.106. The Balaban J connectivity index is 0.743. The molecule has 0 radical (unpaired) electrons. The highest BCUT2D eigenvalue weighted by Gasteiger charge is 2.64. The molecular formula is C56H74ClN11O6S. The molecule has 5 heterocycles. The molecule has 0 spiro atoms. The van der Waals surface area contributed by atoms with Crippen molar-refractivity contribution in [1.29, 1.82) is 5.26 Å². The first-order chi connectivity index (χ1) is 35.5. The molecule has 2 aromatic carbocycles. The maximum absolute atomic E-state index is 14.3. The van der Waals surface area contributed by atoms with Crippen LogP contribution in [-0.4, -0.2) is 167 Å². The molecule has 4 aromatic rings. The van der Waals surface area contributed by atoms with Gasteiger partial charge in [0.2, 0.25) is 17.7 Å². The van der Waals surface area contributed by atoms with Crippen molar-refractivity contribution in [3.05, 3.63) is 93.7 Å². The first kappa shape index (κ1) is 55.5. The van der Waals surface area contributed by atoms with E-state index in [-0.39, 0.29) is 72.2 Å². The van der Waals surface area contributed by atoms with Gasteiger partial charge in [-0.25, -0.2) is 9.97 Å². The van der Waals surface area contributed by atoms with Gasteiger partial charge >= 0.3 is 0 Å². The highest BCUT2D eigenvalue weighted by atomic mass is 35.5. The number of aliphatic hydroxyl groups is 1. The van der Waals surface area contributed by atoms with Crippen LogP contribution in [0.15, 0.2) is 66.3 Å². The molecule has 4 aliphatic rings. The number of amides is 4. The number of ether oxygens (including phenoxy) is 1. The summed E-state index contributed by atoms with van der Waals surface area (Å²) in [5.74, 6) is 0.284. The molecule has 4 fully saturated rings. The lowest BCUT2D eigenvalue weighted by atomic mass is 9.49. The minimum atomic E-state index is -0.896. The number of anilines is 1. The second-order valence-corrected chi connectivity index (χ2v) is 24.3. The fraction of sp³-hybridized carbons (Fsp3) is 0.554. The van der Waals surface area contributed by atoms with Crippen molar-refractivity contribution in [3.63, 3.8) is 0 Å². The van der Waals surface area contributed by atoms with Crippen LogP contribution in [0, 0.1) is 34.5 Å². The van der Waals surface area contributed by atoms with Crippen molar-refractivity contribution < 1.29 is 29.0 Å². The molecule has 3 aliphatic heterocycles. The third kappa shape index (κ3) is 12.6. The molecule has 0 bridgehead atoms. The molecule has 4 atom stereocenters. The number of piperazine rings is 2. The summed E-state index contributed by atoms with van der Waals surface area (Å²) in [5.41, 5.74) is 4.24. The monoisotopic (exact) mass is 1060 g/mol. The first-order valence-corrected chi connectivity index (χ1v) is 27.4. The number of likely N-dealkylation sites (tertiary alicyclic amines) is 1. The van der Waals surface area contributed by atoms with E-state index in [1.165, 1.54) is 4.90 Å². The summed E-state index contributed by atoms with van der Waals surface area (Å²) in [7, 11) is 0. The van der Waals surface area contributed by atoms with Gasteiger partial charge in [0.15, 0.2) is 0 Å². The number of carbonyl (C=O) groups is 4. The van der Waals surface area contributed by atoms with Crippen LogP contribution in [-0.2, 0) is 14.4 Å². The predicted octanol–water partition coefficient (Wildman–Crippen LogP) is 5.76. The third-order valence-electron chi connectivity index (χ3n) is 15.8. The summed E-state index contributed by atoms with van der Waals surface area (Å²) in [4.78, 5) is 76.1. The second kappa shape index (κ2) is 22.9. The fourth-order valence-corrected chi connectivity index (χ4v) is 12.6. The van der Waals surface area contributed by atoms with Gasteiger partial charge in [0.1, 0.15) is 35.8 Å². The molecule has 4 amide bonds. The lowest BCUT2D eigenvalue weighted by Gasteiger charge is -2.63. The topological polar surface area (TPSA) is 200 Å². The normalized spacial score (nSPS) is 22.9. The van der Waals surface area contributed by atoms with Crippen LogP contribution in [0.1, 0.15) is 95.0 Å². The van der Waals surface area contributed by atoms with Crippen molar-refractivity contribution in [2.24, 2.45) is 16.2 Å². The number of aliphatic hydroxyl groups excluding tert-OH is 1. The van der Waals surface area contributed by atoms with E-state index in [4.69, 9.17) is 21.3 Å². The number of nitriles is 1. The molecule has 17 nitrogen and oxygen atoms in total. The lowest BCUT2D eigenvalue weighted by Crippen LogP contribution is -2.74. The lowest BCUT2D eigenvalue weighted by molar-refractivity contribution is -0.164. The Morgan fingerprint density at radius 3 is 2.11 bits per heavy atom. The number of pyridine rings is 1. The van der Waals surface area contributed by atoms with E-state index in [1.54, 1.807) is 35.7 Å².